The van der Waals surface area contributed by atoms with Gasteiger partial charge >= 0.3 is 5.69 Å². The van der Waals surface area contributed by atoms with Crippen molar-refractivity contribution in [2.75, 3.05) is 20.1 Å². The van der Waals surface area contributed by atoms with Crippen LogP contribution < -0.4 is 11.0 Å². The molecule has 0 aliphatic carbocycles. The van der Waals surface area contributed by atoms with Gasteiger partial charge in [-0.05, 0) is 75.9 Å². The molecule has 1 unspecified atom stereocenters. The quantitative estimate of drug-likeness (QED) is 0.813. The van der Waals surface area contributed by atoms with Crippen molar-refractivity contribution < 1.29 is 9.59 Å². The maximum absolute atomic E-state index is 12.8. The number of likely N-dealkylation sites (tertiary alicyclic amines) is 1. The minimum absolute atomic E-state index is 0.211. The Hall–Kier alpha value is -2.41. The van der Waals surface area contributed by atoms with Crippen LogP contribution in [0.1, 0.15) is 43.7 Å². The summed E-state index contributed by atoms with van der Waals surface area (Å²) in [5.74, 6) is 0.103. The van der Waals surface area contributed by atoms with Crippen molar-refractivity contribution in [2.45, 2.75) is 44.6 Å². The third kappa shape index (κ3) is 3.51. The second-order valence-electron chi connectivity index (χ2n) is 8.29. The summed E-state index contributed by atoms with van der Waals surface area (Å²) in [6.45, 7) is 2.35. The summed E-state index contributed by atoms with van der Waals surface area (Å²) in [6, 6.07) is 5.47. The lowest BCUT2D eigenvalue weighted by atomic mass is 9.91. The molecule has 2 saturated heterocycles. The molecule has 0 saturated carbocycles. The van der Waals surface area contributed by atoms with Crippen molar-refractivity contribution in [1.29, 1.82) is 0 Å². The molecule has 1 N–H and O–H groups in total. The summed E-state index contributed by atoms with van der Waals surface area (Å²) in [5, 5.41) is 2.35. The van der Waals surface area contributed by atoms with Gasteiger partial charge < -0.3 is 4.90 Å². The van der Waals surface area contributed by atoms with Gasteiger partial charge in [-0.15, -0.1) is 0 Å². The smallest absolute Gasteiger partial charge is 0.306 e. The van der Waals surface area contributed by atoms with E-state index in [1.54, 1.807) is 11.6 Å². The van der Waals surface area contributed by atoms with Gasteiger partial charge in [0.1, 0.15) is 6.04 Å². The number of hydrogen-bond donors (Lipinski definition) is 1. The number of piperidine rings is 2. The number of carbonyl (C=O) groups is 2. The Morgan fingerprint density at radius 1 is 1.04 bits per heavy atom. The lowest BCUT2D eigenvalue weighted by Crippen LogP contribution is -2.44. The van der Waals surface area contributed by atoms with Gasteiger partial charge in [0.25, 0.3) is 0 Å². The maximum Gasteiger partial charge on any atom is 0.329 e. The average Bonchev–Trinajstić information content (AvgIpc) is 2.92. The van der Waals surface area contributed by atoms with Gasteiger partial charge in [0.05, 0.1) is 11.0 Å². The number of aromatic nitrogens is 2. The Labute approximate surface area is 164 Å². The normalized spacial score (nSPS) is 22.0. The Balaban J connectivity index is 1.57. The second-order valence-corrected chi connectivity index (χ2v) is 8.29. The molecule has 28 heavy (non-hydrogen) atoms. The zero-order valence-electron chi connectivity index (χ0n) is 16.6. The molecule has 1 aromatic carbocycles. The molecule has 2 amide bonds. The van der Waals surface area contributed by atoms with Crippen LogP contribution in [-0.4, -0.2) is 46.0 Å². The molecule has 0 bridgehead atoms. The van der Waals surface area contributed by atoms with E-state index in [2.05, 4.69) is 29.4 Å². The minimum atomic E-state index is -0.626. The van der Waals surface area contributed by atoms with E-state index in [1.165, 1.54) is 42.5 Å². The molecular formula is C21H28N4O3. The van der Waals surface area contributed by atoms with Crippen LogP contribution in [0, 0.1) is 5.92 Å². The first kappa shape index (κ1) is 18.9. The van der Waals surface area contributed by atoms with E-state index in [9.17, 15) is 14.4 Å². The monoisotopic (exact) mass is 384 g/mol. The van der Waals surface area contributed by atoms with Gasteiger partial charge in [-0.25, -0.2) is 4.79 Å². The number of nitrogens with one attached hydrogen (secondary N) is 1. The molecule has 2 aliphatic heterocycles. The molecule has 0 radical (unpaired) electrons. The fourth-order valence-electron chi connectivity index (χ4n) is 4.52. The minimum Gasteiger partial charge on any atom is -0.306 e. The first-order valence-corrected chi connectivity index (χ1v) is 10.2. The van der Waals surface area contributed by atoms with E-state index in [0.717, 1.165) is 23.4 Å². The van der Waals surface area contributed by atoms with Crippen LogP contribution in [0.3, 0.4) is 0 Å². The number of benzene rings is 1. The van der Waals surface area contributed by atoms with Crippen molar-refractivity contribution in [3.05, 3.63) is 34.2 Å². The largest absolute Gasteiger partial charge is 0.329 e. The maximum atomic E-state index is 12.8. The van der Waals surface area contributed by atoms with Crippen molar-refractivity contribution in [1.82, 2.24) is 19.4 Å². The van der Waals surface area contributed by atoms with Gasteiger partial charge in [-0.3, -0.25) is 24.0 Å². The van der Waals surface area contributed by atoms with Crippen LogP contribution in [0.25, 0.3) is 11.0 Å². The molecule has 1 aromatic heterocycles. The van der Waals surface area contributed by atoms with Crippen LogP contribution in [-0.2, 0) is 23.1 Å². The van der Waals surface area contributed by atoms with E-state index in [1.807, 2.05) is 6.07 Å². The zero-order chi connectivity index (χ0) is 19.8. The number of rotatable bonds is 4. The number of imide groups is 1. The summed E-state index contributed by atoms with van der Waals surface area (Å²) in [5.41, 5.74) is 2.61. The molecule has 0 spiro atoms. The topological polar surface area (TPSA) is 76.3 Å². The number of fused-ring (bicyclic) bond motifs is 1. The molecule has 2 aromatic rings. The fraction of sp³-hybridized carbons (Fsp3) is 0.571. The number of aryl methyl sites for hydroxylation is 2. The van der Waals surface area contributed by atoms with Crippen LogP contribution in [0.5, 0.6) is 0 Å². The molecule has 7 heteroatoms. The summed E-state index contributed by atoms with van der Waals surface area (Å²) >= 11 is 0. The van der Waals surface area contributed by atoms with Gasteiger partial charge in [0.15, 0.2) is 0 Å². The fourth-order valence-corrected chi connectivity index (χ4v) is 4.52. The average molecular weight is 384 g/mol. The van der Waals surface area contributed by atoms with Gasteiger partial charge in [0.2, 0.25) is 11.8 Å². The Bertz CT molecular complexity index is 966. The zero-order valence-corrected chi connectivity index (χ0v) is 16.6. The first-order valence-electron chi connectivity index (χ1n) is 10.2. The summed E-state index contributed by atoms with van der Waals surface area (Å²) in [4.78, 5) is 38.9. The van der Waals surface area contributed by atoms with Gasteiger partial charge in [0, 0.05) is 13.5 Å². The molecule has 1 atom stereocenters. The molecular weight excluding hydrogens is 356 g/mol. The van der Waals surface area contributed by atoms with E-state index >= 15 is 0 Å². The number of nitrogens with zero attached hydrogens (tertiary/aromatic N) is 3. The van der Waals surface area contributed by atoms with Gasteiger partial charge in [-0.2, -0.15) is 0 Å². The van der Waals surface area contributed by atoms with E-state index in [0.29, 0.717) is 6.42 Å². The van der Waals surface area contributed by atoms with E-state index in [4.69, 9.17) is 0 Å². The third-order valence-electron chi connectivity index (χ3n) is 6.35. The van der Waals surface area contributed by atoms with E-state index in [-0.39, 0.29) is 18.0 Å². The van der Waals surface area contributed by atoms with Crippen LogP contribution in [0.2, 0.25) is 0 Å². The molecule has 2 fully saturated rings. The first-order chi connectivity index (χ1) is 13.4. The molecule has 4 rings (SSSR count). The van der Waals surface area contributed by atoms with Crippen molar-refractivity contribution >= 4 is 22.8 Å². The van der Waals surface area contributed by atoms with Gasteiger partial charge in [-0.1, -0.05) is 6.07 Å². The second kappa shape index (κ2) is 7.54. The van der Waals surface area contributed by atoms with Crippen molar-refractivity contribution in [3.8, 4) is 0 Å². The molecule has 3 heterocycles. The standard InChI is InChI=1S/C21H28N4O3/c1-23-11-9-14(10-12-23)3-4-15-5-6-16-18(13-15)24(2)21(28)25(16)17-7-8-19(26)22-20(17)27/h5-6,13-14,17H,3-4,7-12H2,1-2H3,(H,22,26,27). The molecule has 2 aliphatic rings. The summed E-state index contributed by atoms with van der Waals surface area (Å²) < 4.78 is 3.15. The van der Waals surface area contributed by atoms with Crippen molar-refractivity contribution in [3.63, 3.8) is 0 Å². The van der Waals surface area contributed by atoms with Crippen LogP contribution in [0.15, 0.2) is 23.0 Å². The third-order valence-corrected chi connectivity index (χ3v) is 6.35. The summed E-state index contributed by atoms with van der Waals surface area (Å²) in [7, 11) is 3.92. The number of hydrogen-bond acceptors (Lipinski definition) is 4. The number of imidazole rings is 1. The van der Waals surface area contributed by atoms with Crippen molar-refractivity contribution in [2.24, 2.45) is 13.0 Å². The summed E-state index contributed by atoms with van der Waals surface area (Å²) in [6.07, 6.45) is 5.30. The van der Waals surface area contributed by atoms with E-state index < -0.39 is 11.9 Å². The number of carbonyl (C=O) groups excluding carboxylic acids is 2. The Morgan fingerprint density at radius 2 is 1.79 bits per heavy atom. The highest BCUT2D eigenvalue weighted by atomic mass is 16.2. The predicted octanol–water partition coefficient (Wildman–Crippen LogP) is 1.59. The molecule has 150 valence electrons. The highest BCUT2D eigenvalue weighted by Crippen LogP contribution is 2.26. The molecule has 7 nitrogen and oxygen atoms in total. The number of amides is 2. The predicted molar refractivity (Wildman–Crippen MR) is 107 cm³/mol. The van der Waals surface area contributed by atoms with Crippen LogP contribution in [0.4, 0.5) is 0 Å². The van der Waals surface area contributed by atoms with Crippen LogP contribution >= 0.6 is 0 Å². The highest BCUT2D eigenvalue weighted by molar-refractivity contribution is 6.00. The lowest BCUT2D eigenvalue weighted by molar-refractivity contribution is -0.135. The SMILES string of the molecule is CN1CCC(CCc2ccc3c(c2)n(C)c(=O)n3C2CCC(=O)NC2=O)CC1. The Morgan fingerprint density at radius 3 is 2.50 bits per heavy atom. The Kier molecular flexibility index (Phi) is 5.10. The highest BCUT2D eigenvalue weighted by Gasteiger charge is 2.31. The lowest BCUT2D eigenvalue weighted by Gasteiger charge is -2.28.